The van der Waals surface area contributed by atoms with Gasteiger partial charge in [-0.05, 0) is 22.9 Å². The van der Waals surface area contributed by atoms with Gasteiger partial charge < -0.3 is 5.11 Å². The number of hydrogen-bond acceptors (Lipinski definition) is 4. The monoisotopic (exact) mass is 287 g/mol. The molecule has 0 fully saturated rings. The van der Waals surface area contributed by atoms with Crippen molar-refractivity contribution in [3.05, 3.63) is 32.9 Å². The van der Waals surface area contributed by atoms with Gasteiger partial charge in [0.05, 0.1) is 27.6 Å². The number of halogens is 1. The Morgan fingerprint density at radius 1 is 1.67 bits per heavy atom. The van der Waals surface area contributed by atoms with Gasteiger partial charge in [0.25, 0.3) is 0 Å². The van der Waals surface area contributed by atoms with Crippen molar-refractivity contribution in [3.63, 3.8) is 0 Å². The van der Waals surface area contributed by atoms with Crippen LogP contribution in [0.2, 0.25) is 0 Å². The summed E-state index contributed by atoms with van der Waals surface area (Å²) in [4.78, 5) is 4.10. The Morgan fingerprint density at radius 2 is 2.47 bits per heavy atom. The zero-order valence-corrected chi connectivity index (χ0v) is 10.5. The molecule has 4 nitrogen and oxygen atoms in total. The molecule has 0 aliphatic rings. The van der Waals surface area contributed by atoms with Crippen molar-refractivity contribution in [2.45, 2.75) is 19.6 Å². The van der Waals surface area contributed by atoms with Gasteiger partial charge in [0, 0.05) is 11.9 Å². The summed E-state index contributed by atoms with van der Waals surface area (Å²) >= 11 is 4.84. The summed E-state index contributed by atoms with van der Waals surface area (Å²) < 4.78 is 2.57. The van der Waals surface area contributed by atoms with Crippen molar-refractivity contribution in [1.82, 2.24) is 14.8 Å². The summed E-state index contributed by atoms with van der Waals surface area (Å²) in [7, 11) is 0. The van der Waals surface area contributed by atoms with Gasteiger partial charge in [0.15, 0.2) is 0 Å². The fourth-order valence-electron chi connectivity index (χ4n) is 1.39. The first-order valence-electron chi connectivity index (χ1n) is 4.51. The minimum absolute atomic E-state index is 0.663. The van der Waals surface area contributed by atoms with E-state index in [1.807, 2.05) is 12.3 Å². The summed E-state index contributed by atoms with van der Waals surface area (Å²) in [6.45, 7) is 2.71. The lowest BCUT2D eigenvalue weighted by Crippen LogP contribution is -2.09. The van der Waals surface area contributed by atoms with Crippen molar-refractivity contribution in [2.24, 2.45) is 0 Å². The van der Waals surface area contributed by atoms with Gasteiger partial charge in [-0.2, -0.15) is 5.10 Å². The van der Waals surface area contributed by atoms with Gasteiger partial charge >= 0.3 is 0 Å². The van der Waals surface area contributed by atoms with Crippen molar-refractivity contribution >= 4 is 27.3 Å². The number of hydrogen-bond donors (Lipinski definition) is 1. The molecule has 1 unspecified atom stereocenters. The molecule has 1 atom stereocenters. The smallest absolute Gasteiger partial charge is 0.139 e. The summed E-state index contributed by atoms with van der Waals surface area (Å²) in [5, 5.41) is 16.1. The molecular formula is C9H10BrN3OS. The zero-order chi connectivity index (χ0) is 10.8. The van der Waals surface area contributed by atoms with Crippen LogP contribution in [0.5, 0.6) is 0 Å². The van der Waals surface area contributed by atoms with Crippen LogP contribution in [0.3, 0.4) is 0 Å². The Balaban J connectivity index is 2.40. The highest BCUT2D eigenvalue weighted by Gasteiger charge is 2.20. The molecule has 2 rings (SSSR count). The second-order valence-corrected chi connectivity index (χ2v) is 4.58. The summed E-state index contributed by atoms with van der Waals surface area (Å²) in [5.41, 5.74) is 3.12. The standard InChI is InChI=1S/C9H10BrN3OS/c1-2-13-8(6(10)3-12-13)9(14)7-4-15-5-11-7/h3-5,9,14H,2H2,1H3. The van der Waals surface area contributed by atoms with Crippen molar-refractivity contribution in [2.75, 3.05) is 0 Å². The molecule has 15 heavy (non-hydrogen) atoms. The topological polar surface area (TPSA) is 50.9 Å². The Labute approximate surface area is 99.7 Å². The van der Waals surface area contributed by atoms with Gasteiger partial charge in [-0.3, -0.25) is 4.68 Å². The molecule has 2 aromatic heterocycles. The lowest BCUT2D eigenvalue weighted by molar-refractivity contribution is 0.203. The van der Waals surface area contributed by atoms with Gasteiger partial charge in [-0.25, -0.2) is 4.98 Å². The quantitative estimate of drug-likeness (QED) is 0.942. The molecule has 0 spiro atoms. The third-order valence-electron chi connectivity index (χ3n) is 2.12. The molecule has 2 heterocycles. The first-order chi connectivity index (χ1) is 7.24. The number of thiazole rings is 1. The zero-order valence-electron chi connectivity index (χ0n) is 8.09. The largest absolute Gasteiger partial charge is 0.380 e. The average Bonchev–Trinajstić information content (AvgIpc) is 2.85. The van der Waals surface area contributed by atoms with Crippen LogP contribution in [0.15, 0.2) is 21.6 Å². The normalized spacial score (nSPS) is 13.0. The maximum atomic E-state index is 10.1. The molecule has 6 heteroatoms. The molecule has 0 bridgehead atoms. The lowest BCUT2D eigenvalue weighted by Gasteiger charge is -2.10. The molecule has 2 aromatic rings. The Bertz CT molecular complexity index is 440. The summed E-state index contributed by atoms with van der Waals surface area (Å²) in [6, 6.07) is 0. The molecule has 0 aliphatic carbocycles. The molecule has 80 valence electrons. The van der Waals surface area contributed by atoms with Gasteiger partial charge in [-0.15, -0.1) is 11.3 Å². The molecule has 0 amide bonds. The number of nitrogens with zero attached hydrogens (tertiary/aromatic N) is 3. The van der Waals surface area contributed by atoms with E-state index < -0.39 is 6.10 Å². The van der Waals surface area contributed by atoms with Crippen LogP contribution in [-0.2, 0) is 6.54 Å². The number of aromatic nitrogens is 3. The van der Waals surface area contributed by atoms with Crippen molar-refractivity contribution < 1.29 is 5.11 Å². The summed E-state index contributed by atoms with van der Waals surface area (Å²) in [6.07, 6.45) is 0.974. The first kappa shape index (κ1) is 10.8. The Morgan fingerprint density at radius 3 is 3.07 bits per heavy atom. The van der Waals surface area contributed by atoms with Crippen LogP contribution in [0.4, 0.5) is 0 Å². The number of rotatable bonds is 3. The van der Waals surface area contributed by atoms with E-state index in [-0.39, 0.29) is 0 Å². The van der Waals surface area contributed by atoms with Crippen molar-refractivity contribution in [3.8, 4) is 0 Å². The summed E-state index contributed by atoms with van der Waals surface area (Å²) in [5.74, 6) is 0. The predicted octanol–water partition coefficient (Wildman–Crippen LogP) is 2.20. The van der Waals surface area contributed by atoms with Crippen LogP contribution >= 0.6 is 27.3 Å². The van der Waals surface area contributed by atoms with Gasteiger partial charge in [-0.1, -0.05) is 0 Å². The van der Waals surface area contributed by atoms with E-state index >= 15 is 0 Å². The van der Waals surface area contributed by atoms with E-state index in [9.17, 15) is 5.11 Å². The fourth-order valence-corrected chi connectivity index (χ4v) is 2.48. The maximum absolute atomic E-state index is 10.1. The second kappa shape index (κ2) is 4.42. The van der Waals surface area contributed by atoms with E-state index in [0.717, 1.165) is 16.7 Å². The molecule has 1 N–H and O–H groups in total. The molecule has 0 aromatic carbocycles. The third-order valence-corrected chi connectivity index (χ3v) is 3.34. The van der Waals surface area contributed by atoms with Crippen LogP contribution in [-0.4, -0.2) is 19.9 Å². The molecule has 0 radical (unpaired) electrons. The molecular weight excluding hydrogens is 278 g/mol. The fraction of sp³-hybridized carbons (Fsp3) is 0.333. The number of aliphatic hydroxyl groups excluding tert-OH is 1. The van der Waals surface area contributed by atoms with E-state index in [2.05, 4.69) is 26.0 Å². The lowest BCUT2D eigenvalue weighted by atomic mass is 10.2. The van der Waals surface area contributed by atoms with E-state index in [1.165, 1.54) is 11.3 Å². The van der Waals surface area contributed by atoms with Crippen LogP contribution in [0.25, 0.3) is 0 Å². The van der Waals surface area contributed by atoms with E-state index in [0.29, 0.717) is 5.69 Å². The van der Waals surface area contributed by atoms with Crippen LogP contribution in [0.1, 0.15) is 24.4 Å². The second-order valence-electron chi connectivity index (χ2n) is 3.01. The first-order valence-corrected chi connectivity index (χ1v) is 6.25. The molecule has 0 saturated heterocycles. The van der Waals surface area contributed by atoms with E-state index in [1.54, 1.807) is 16.4 Å². The number of aliphatic hydroxyl groups is 1. The van der Waals surface area contributed by atoms with Crippen LogP contribution < -0.4 is 0 Å². The minimum atomic E-state index is -0.715. The Hall–Kier alpha value is -0.720. The van der Waals surface area contributed by atoms with Gasteiger partial charge in [0.2, 0.25) is 0 Å². The highest BCUT2D eigenvalue weighted by Crippen LogP contribution is 2.28. The number of aryl methyl sites for hydroxylation is 1. The van der Waals surface area contributed by atoms with E-state index in [4.69, 9.17) is 0 Å². The third kappa shape index (κ3) is 1.97. The highest BCUT2D eigenvalue weighted by atomic mass is 79.9. The van der Waals surface area contributed by atoms with Gasteiger partial charge in [0.1, 0.15) is 6.10 Å². The van der Waals surface area contributed by atoms with Crippen molar-refractivity contribution in [1.29, 1.82) is 0 Å². The highest BCUT2D eigenvalue weighted by molar-refractivity contribution is 9.10. The SMILES string of the molecule is CCn1ncc(Br)c1C(O)c1cscn1. The maximum Gasteiger partial charge on any atom is 0.139 e. The minimum Gasteiger partial charge on any atom is -0.380 e. The molecule has 0 saturated carbocycles. The average molecular weight is 288 g/mol. The Kier molecular flexibility index (Phi) is 3.18. The predicted molar refractivity (Wildman–Crippen MR) is 61.8 cm³/mol. The molecule has 0 aliphatic heterocycles. The van der Waals surface area contributed by atoms with Crippen LogP contribution in [0, 0.1) is 0 Å².